The highest BCUT2D eigenvalue weighted by Gasteiger charge is 2.49. The second kappa shape index (κ2) is 5.45. The Morgan fingerprint density at radius 2 is 1.96 bits per heavy atom. The van der Waals surface area contributed by atoms with Crippen LogP contribution in [-0.4, -0.2) is 38.3 Å². The zero-order valence-corrected chi connectivity index (χ0v) is 13.1. The first-order chi connectivity index (χ1) is 11.6. The molecule has 0 N–H and O–H groups in total. The quantitative estimate of drug-likeness (QED) is 0.501. The molecule has 0 atom stereocenters. The van der Waals surface area contributed by atoms with Gasteiger partial charge in [-0.2, -0.15) is 37.0 Å². The van der Waals surface area contributed by atoms with Crippen molar-refractivity contribution < 1.29 is 25.8 Å². The monoisotopic (exact) mass is 372 g/mol. The Bertz CT molecular complexity index is 1110. The van der Waals surface area contributed by atoms with Gasteiger partial charge in [-0.05, 0) is 0 Å². The van der Waals surface area contributed by atoms with Gasteiger partial charge in [0.25, 0.3) is 5.88 Å². The third kappa shape index (κ3) is 2.87. The van der Waals surface area contributed by atoms with Crippen molar-refractivity contribution in [2.75, 3.05) is 0 Å². The third-order valence-electron chi connectivity index (χ3n) is 3.06. The summed E-state index contributed by atoms with van der Waals surface area (Å²) in [6.45, 7) is 0. The second-order valence-electron chi connectivity index (χ2n) is 4.78. The fraction of sp³-hybridized carbons (Fsp3) is 0.167. The maximum Gasteiger partial charge on any atom is 0.534 e. The Balaban J connectivity index is 2.24. The van der Waals surface area contributed by atoms with Gasteiger partial charge in [-0.3, -0.25) is 4.68 Å². The summed E-state index contributed by atoms with van der Waals surface area (Å²) in [6.07, 6.45) is 5.23. The summed E-state index contributed by atoms with van der Waals surface area (Å²) >= 11 is 0. The van der Waals surface area contributed by atoms with Crippen LogP contribution in [0.2, 0.25) is 0 Å². The van der Waals surface area contributed by atoms with E-state index >= 15 is 0 Å². The topological polar surface area (TPSA) is 115 Å². The van der Waals surface area contributed by atoms with Crippen LogP contribution in [-0.2, 0) is 17.2 Å². The Labute approximate surface area is 138 Å². The van der Waals surface area contributed by atoms with Crippen molar-refractivity contribution in [1.29, 1.82) is 5.26 Å². The molecule has 0 amide bonds. The molecular weight excluding hydrogens is 365 g/mol. The molecule has 0 aromatic carbocycles. The van der Waals surface area contributed by atoms with Crippen LogP contribution in [0.1, 0.15) is 5.56 Å². The van der Waals surface area contributed by atoms with E-state index in [1.165, 1.54) is 23.3 Å². The molecule has 0 radical (unpaired) electrons. The van der Waals surface area contributed by atoms with Crippen molar-refractivity contribution in [2.45, 2.75) is 5.51 Å². The van der Waals surface area contributed by atoms with E-state index in [9.17, 15) is 21.6 Å². The SMILES string of the molecule is Cn1cc(-c2cn3ncc(C#N)c3c(OS(=O)(=O)C(F)(F)F)n2)cn1. The van der Waals surface area contributed by atoms with E-state index in [0.29, 0.717) is 5.56 Å². The van der Waals surface area contributed by atoms with Gasteiger partial charge < -0.3 is 4.18 Å². The number of alkyl halides is 3. The van der Waals surface area contributed by atoms with Crippen LogP contribution in [0.4, 0.5) is 13.2 Å². The van der Waals surface area contributed by atoms with Gasteiger partial charge >= 0.3 is 15.6 Å². The van der Waals surface area contributed by atoms with E-state index in [1.54, 1.807) is 13.1 Å². The predicted octanol–water partition coefficient (Wildman–Crippen LogP) is 1.23. The van der Waals surface area contributed by atoms with Crippen molar-refractivity contribution in [3.05, 3.63) is 30.4 Å². The molecule has 3 heterocycles. The molecule has 130 valence electrons. The Kier molecular flexibility index (Phi) is 3.64. The molecular formula is C12H7F3N6O3S. The highest BCUT2D eigenvalue weighted by Crippen LogP contribution is 2.31. The van der Waals surface area contributed by atoms with E-state index in [2.05, 4.69) is 19.4 Å². The molecule has 0 unspecified atom stereocenters. The summed E-state index contributed by atoms with van der Waals surface area (Å²) in [5, 5.41) is 16.7. The second-order valence-corrected chi connectivity index (χ2v) is 6.32. The van der Waals surface area contributed by atoms with Gasteiger partial charge in [-0.25, -0.2) is 9.50 Å². The number of nitrogens with zero attached hydrogens (tertiary/aromatic N) is 6. The van der Waals surface area contributed by atoms with Crippen LogP contribution in [0.15, 0.2) is 24.8 Å². The summed E-state index contributed by atoms with van der Waals surface area (Å²) in [5.41, 5.74) is -5.71. The molecule has 0 aliphatic rings. The number of rotatable bonds is 3. The zero-order valence-electron chi connectivity index (χ0n) is 12.3. The largest absolute Gasteiger partial charge is 0.534 e. The van der Waals surface area contributed by atoms with Crippen molar-refractivity contribution in [3.8, 4) is 23.2 Å². The fourth-order valence-electron chi connectivity index (χ4n) is 1.96. The lowest BCUT2D eigenvalue weighted by atomic mass is 10.2. The maximum absolute atomic E-state index is 12.6. The lowest BCUT2D eigenvalue weighted by molar-refractivity contribution is -0.0500. The van der Waals surface area contributed by atoms with E-state index in [-0.39, 0.29) is 16.8 Å². The average Bonchev–Trinajstić information content (AvgIpc) is 3.11. The number of hydrogen-bond donors (Lipinski definition) is 0. The first-order valence-corrected chi connectivity index (χ1v) is 7.81. The standard InChI is InChI=1S/C12H7F3N6O3S/c1-20-5-8(4-17-20)9-6-21-10(7(2-16)3-18-21)11(19-9)24-25(22,23)12(13,14)15/h3-6H,1H3. The number of halogens is 3. The summed E-state index contributed by atoms with van der Waals surface area (Å²) in [5.74, 6) is -0.910. The van der Waals surface area contributed by atoms with Crippen molar-refractivity contribution in [1.82, 2.24) is 24.4 Å². The number of nitriles is 1. The van der Waals surface area contributed by atoms with Crippen LogP contribution in [0, 0.1) is 11.3 Å². The minimum absolute atomic E-state index is 0.0561. The summed E-state index contributed by atoms with van der Waals surface area (Å²) in [7, 11) is -4.37. The molecule has 0 aliphatic heterocycles. The molecule has 0 bridgehead atoms. The van der Waals surface area contributed by atoms with E-state index in [1.807, 2.05) is 0 Å². The normalized spacial score (nSPS) is 12.3. The first-order valence-electron chi connectivity index (χ1n) is 6.40. The van der Waals surface area contributed by atoms with Crippen LogP contribution < -0.4 is 4.18 Å². The van der Waals surface area contributed by atoms with Crippen molar-refractivity contribution in [2.24, 2.45) is 7.05 Å². The average molecular weight is 372 g/mol. The lowest BCUT2D eigenvalue weighted by Gasteiger charge is -2.10. The summed E-state index contributed by atoms with van der Waals surface area (Å²) in [6, 6.07) is 1.68. The number of aromatic nitrogens is 5. The number of fused-ring (bicyclic) bond motifs is 1. The molecule has 0 saturated heterocycles. The van der Waals surface area contributed by atoms with Gasteiger partial charge in [0.05, 0.1) is 24.3 Å². The van der Waals surface area contributed by atoms with Crippen LogP contribution in [0.25, 0.3) is 16.8 Å². The molecule has 0 fully saturated rings. The smallest absolute Gasteiger partial charge is 0.353 e. The summed E-state index contributed by atoms with van der Waals surface area (Å²) < 4.78 is 67.1. The highest BCUT2D eigenvalue weighted by atomic mass is 32.2. The van der Waals surface area contributed by atoms with Crippen LogP contribution in [0.5, 0.6) is 5.88 Å². The third-order valence-corrected chi connectivity index (χ3v) is 4.00. The molecule has 9 nitrogen and oxygen atoms in total. The first kappa shape index (κ1) is 16.7. The van der Waals surface area contributed by atoms with Crippen molar-refractivity contribution in [3.63, 3.8) is 0 Å². The van der Waals surface area contributed by atoms with Gasteiger partial charge in [0.2, 0.25) is 0 Å². The molecule has 0 spiro atoms. The number of hydrogen-bond acceptors (Lipinski definition) is 7. The zero-order chi connectivity index (χ0) is 18.4. The van der Waals surface area contributed by atoms with Gasteiger partial charge in [0.15, 0.2) is 0 Å². The number of aryl methyl sites for hydroxylation is 1. The molecule has 0 saturated carbocycles. The van der Waals surface area contributed by atoms with E-state index in [4.69, 9.17) is 5.26 Å². The Hall–Kier alpha value is -3.14. The summed E-state index contributed by atoms with van der Waals surface area (Å²) in [4.78, 5) is 3.80. The lowest BCUT2D eigenvalue weighted by Crippen LogP contribution is -2.28. The van der Waals surface area contributed by atoms with Crippen LogP contribution in [0.3, 0.4) is 0 Å². The van der Waals surface area contributed by atoms with Crippen LogP contribution >= 0.6 is 0 Å². The van der Waals surface area contributed by atoms with Gasteiger partial charge in [-0.15, -0.1) is 0 Å². The fourth-order valence-corrected chi connectivity index (χ4v) is 2.38. The van der Waals surface area contributed by atoms with E-state index in [0.717, 1.165) is 10.7 Å². The van der Waals surface area contributed by atoms with E-state index < -0.39 is 21.5 Å². The minimum atomic E-state index is -5.97. The Morgan fingerprint density at radius 3 is 2.52 bits per heavy atom. The molecule has 3 aromatic heterocycles. The van der Waals surface area contributed by atoms with Gasteiger partial charge in [-0.1, -0.05) is 0 Å². The highest BCUT2D eigenvalue weighted by molar-refractivity contribution is 7.88. The minimum Gasteiger partial charge on any atom is -0.353 e. The van der Waals surface area contributed by atoms with Gasteiger partial charge in [0, 0.05) is 18.8 Å². The van der Waals surface area contributed by atoms with Crippen molar-refractivity contribution >= 4 is 15.6 Å². The molecule has 0 aliphatic carbocycles. The molecule has 3 aromatic rings. The molecule has 3 rings (SSSR count). The Morgan fingerprint density at radius 1 is 1.24 bits per heavy atom. The predicted molar refractivity (Wildman–Crippen MR) is 75.5 cm³/mol. The molecule has 25 heavy (non-hydrogen) atoms. The molecule has 13 heteroatoms. The maximum atomic E-state index is 12.6. The van der Waals surface area contributed by atoms with Gasteiger partial charge in [0.1, 0.15) is 17.1 Å².